The van der Waals surface area contributed by atoms with Gasteiger partial charge in [-0.1, -0.05) is 0 Å². The average molecular weight is 393 g/mol. The van der Waals surface area contributed by atoms with E-state index in [9.17, 15) is 0 Å². The van der Waals surface area contributed by atoms with Crippen LogP contribution in [0.4, 0.5) is 5.95 Å². The van der Waals surface area contributed by atoms with Crippen LogP contribution in [-0.2, 0) is 4.74 Å². The molecule has 1 fully saturated rings. The van der Waals surface area contributed by atoms with Crippen molar-refractivity contribution in [1.29, 1.82) is 0 Å². The molecule has 0 saturated heterocycles. The van der Waals surface area contributed by atoms with E-state index in [-0.39, 0.29) is 12.7 Å². The third-order valence-corrected chi connectivity index (χ3v) is 5.49. The second-order valence-electron chi connectivity index (χ2n) is 7.38. The Morgan fingerprint density at radius 1 is 1.24 bits per heavy atom. The van der Waals surface area contributed by atoms with Crippen LogP contribution in [0, 0.1) is 0 Å². The van der Waals surface area contributed by atoms with Crippen LogP contribution in [0.25, 0.3) is 27.8 Å². The lowest BCUT2D eigenvalue weighted by Gasteiger charge is -2.28. The minimum Gasteiger partial charge on any atom is -0.394 e. The molecule has 0 bridgehead atoms. The molecule has 9 heteroatoms. The van der Waals surface area contributed by atoms with Gasteiger partial charge in [0.1, 0.15) is 12.0 Å². The minimum absolute atomic E-state index is 0.0806. The molecule has 150 valence electrons. The van der Waals surface area contributed by atoms with Gasteiger partial charge in [0.05, 0.1) is 19.3 Å². The maximum Gasteiger partial charge on any atom is 0.224 e. The Morgan fingerprint density at radius 2 is 2.14 bits per heavy atom. The Kier molecular flexibility index (Phi) is 4.82. The Balaban J connectivity index is 1.30. The van der Waals surface area contributed by atoms with E-state index in [0.29, 0.717) is 18.6 Å². The number of ether oxygens (including phenoxy) is 1. The molecule has 0 aliphatic heterocycles. The highest BCUT2D eigenvalue weighted by atomic mass is 16.5. The maximum absolute atomic E-state index is 8.88. The smallest absolute Gasteiger partial charge is 0.224 e. The second kappa shape index (κ2) is 7.76. The topological polar surface area (TPSA) is 113 Å². The lowest BCUT2D eigenvalue weighted by molar-refractivity contribution is 0.00719. The molecular weight excluding hydrogens is 370 g/mol. The Bertz CT molecular complexity index is 1110. The minimum atomic E-state index is 0.0806. The van der Waals surface area contributed by atoms with Gasteiger partial charge in [0.2, 0.25) is 5.95 Å². The van der Waals surface area contributed by atoms with Gasteiger partial charge in [-0.2, -0.15) is 4.98 Å². The normalized spacial score (nSPS) is 19.8. The molecule has 1 aliphatic rings. The molecule has 4 heterocycles. The number of rotatable bonds is 6. The van der Waals surface area contributed by atoms with E-state index in [2.05, 4.69) is 30.5 Å². The van der Waals surface area contributed by atoms with Crippen molar-refractivity contribution in [2.45, 2.75) is 37.8 Å². The van der Waals surface area contributed by atoms with Crippen molar-refractivity contribution in [2.75, 3.05) is 18.5 Å². The number of hydrogen-bond donors (Lipinski definition) is 3. The predicted octanol–water partition coefficient (Wildman–Crippen LogP) is 2.40. The number of fused-ring (bicyclic) bond motifs is 2. The lowest BCUT2D eigenvalue weighted by Crippen LogP contribution is -2.30. The molecule has 4 aromatic heterocycles. The molecule has 0 atom stereocenters. The molecule has 0 radical (unpaired) electrons. The van der Waals surface area contributed by atoms with Gasteiger partial charge in [0, 0.05) is 41.1 Å². The highest BCUT2D eigenvalue weighted by Gasteiger charge is 2.22. The standard InChI is InChI=1S/C20H23N7O2/c28-7-8-29-15-4-2-14(3-5-15)24-20-22-10-17-16(9-21-19(17)25-20)13-1-6-18-26-23-12-27(18)11-13/h1,6,9-12,14-15,28H,2-5,7-8H2,(H2,21,22,24,25). The SMILES string of the molecule is OCCOC1CCC(Nc2ncc3c(-c4ccc5nncn5c4)c[nH]c3n2)CC1. The van der Waals surface area contributed by atoms with Gasteiger partial charge < -0.3 is 20.1 Å². The Hall–Kier alpha value is -3.04. The third-order valence-electron chi connectivity index (χ3n) is 5.49. The van der Waals surface area contributed by atoms with Crippen molar-refractivity contribution in [3.8, 4) is 11.1 Å². The first-order chi connectivity index (χ1) is 14.3. The molecule has 9 nitrogen and oxygen atoms in total. The van der Waals surface area contributed by atoms with Crippen molar-refractivity contribution in [2.24, 2.45) is 0 Å². The van der Waals surface area contributed by atoms with Crippen molar-refractivity contribution in [3.05, 3.63) is 37.1 Å². The number of nitrogens with zero attached hydrogens (tertiary/aromatic N) is 5. The summed E-state index contributed by atoms with van der Waals surface area (Å²) < 4.78 is 7.53. The summed E-state index contributed by atoms with van der Waals surface area (Å²) in [6, 6.07) is 4.31. The van der Waals surface area contributed by atoms with E-state index < -0.39 is 0 Å². The summed E-state index contributed by atoms with van der Waals surface area (Å²) in [5, 5.41) is 21.3. The predicted molar refractivity (Wildman–Crippen MR) is 109 cm³/mol. The fraction of sp³-hybridized carbons (Fsp3) is 0.400. The van der Waals surface area contributed by atoms with Crippen LogP contribution in [0.15, 0.2) is 37.1 Å². The van der Waals surface area contributed by atoms with Gasteiger partial charge >= 0.3 is 0 Å². The summed E-state index contributed by atoms with van der Waals surface area (Å²) in [5.41, 5.74) is 3.71. The average Bonchev–Trinajstić information content (AvgIpc) is 3.39. The number of hydrogen-bond acceptors (Lipinski definition) is 7. The number of H-pyrrole nitrogens is 1. The summed E-state index contributed by atoms with van der Waals surface area (Å²) in [4.78, 5) is 12.5. The van der Waals surface area contributed by atoms with Gasteiger partial charge in [-0.15, -0.1) is 10.2 Å². The molecule has 1 aliphatic carbocycles. The molecular formula is C20H23N7O2. The molecule has 1 saturated carbocycles. The number of aliphatic hydroxyl groups is 1. The zero-order valence-electron chi connectivity index (χ0n) is 16.0. The zero-order chi connectivity index (χ0) is 19.6. The van der Waals surface area contributed by atoms with Gasteiger partial charge in [-0.3, -0.25) is 4.40 Å². The molecule has 4 aromatic rings. The van der Waals surface area contributed by atoms with Crippen LogP contribution in [-0.4, -0.2) is 60.0 Å². The molecule has 29 heavy (non-hydrogen) atoms. The molecule has 0 aromatic carbocycles. The Labute approximate surface area is 167 Å². The summed E-state index contributed by atoms with van der Waals surface area (Å²) in [6.45, 7) is 0.499. The number of pyridine rings is 1. The van der Waals surface area contributed by atoms with Gasteiger partial charge in [-0.05, 0) is 37.8 Å². The van der Waals surface area contributed by atoms with E-state index in [1.165, 1.54) is 0 Å². The summed E-state index contributed by atoms with van der Waals surface area (Å²) in [6.07, 6.45) is 11.7. The highest BCUT2D eigenvalue weighted by Crippen LogP contribution is 2.29. The molecule has 5 rings (SSSR count). The summed E-state index contributed by atoms with van der Waals surface area (Å²) in [5.74, 6) is 0.639. The van der Waals surface area contributed by atoms with E-state index in [1.807, 2.05) is 35.1 Å². The lowest BCUT2D eigenvalue weighted by atomic mass is 9.93. The van der Waals surface area contributed by atoms with E-state index in [1.54, 1.807) is 6.33 Å². The largest absolute Gasteiger partial charge is 0.394 e. The first-order valence-electron chi connectivity index (χ1n) is 9.93. The van der Waals surface area contributed by atoms with Crippen molar-refractivity contribution in [1.82, 2.24) is 29.5 Å². The van der Waals surface area contributed by atoms with Crippen LogP contribution in [0.3, 0.4) is 0 Å². The Morgan fingerprint density at radius 3 is 3.00 bits per heavy atom. The van der Waals surface area contributed by atoms with Gasteiger partial charge in [0.25, 0.3) is 0 Å². The molecule has 0 amide bonds. The van der Waals surface area contributed by atoms with Crippen LogP contribution in [0.1, 0.15) is 25.7 Å². The first kappa shape index (κ1) is 18.0. The van der Waals surface area contributed by atoms with Crippen LogP contribution >= 0.6 is 0 Å². The van der Waals surface area contributed by atoms with Gasteiger partial charge in [0.15, 0.2) is 5.65 Å². The van der Waals surface area contributed by atoms with Crippen molar-refractivity contribution >= 4 is 22.6 Å². The monoisotopic (exact) mass is 393 g/mol. The zero-order valence-corrected chi connectivity index (χ0v) is 16.0. The number of anilines is 1. The fourth-order valence-electron chi connectivity index (χ4n) is 3.98. The van der Waals surface area contributed by atoms with Crippen LogP contribution in [0.5, 0.6) is 0 Å². The number of nitrogens with one attached hydrogen (secondary N) is 2. The van der Waals surface area contributed by atoms with Gasteiger partial charge in [-0.25, -0.2) is 4.98 Å². The molecule has 0 spiro atoms. The van der Waals surface area contributed by atoms with E-state index >= 15 is 0 Å². The van der Waals surface area contributed by atoms with E-state index in [4.69, 9.17) is 9.84 Å². The van der Waals surface area contributed by atoms with Crippen LogP contribution in [0.2, 0.25) is 0 Å². The second-order valence-corrected chi connectivity index (χ2v) is 7.38. The fourth-order valence-corrected chi connectivity index (χ4v) is 3.98. The maximum atomic E-state index is 8.88. The quantitative estimate of drug-likeness (QED) is 0.461. The summed E-state index contributed by atoms with van der Waals surface area (Å²) >= 11 is 0. The van der Waals surface area contributed by atoms with E-state index in [0.717, 1.165) is 53.5 Å². The van der Waals surface area contributed by atoms with Crippen LogP contribution < -0.4 is 5.32 Å². The molecule has 3 N–H and O–H groups in total. The number of aliphatic hydroxyl groups excluding tert-OH is 1. The summed E-state index contributed by atoms with van der Waals surface area (Å²) in [7, 11) is 0. The van der Waals surface area contributed by atoms with Crippen molar-refractivity contribution < 1.29 is 9.84 Å². The molecule has 0 unspecified atom stereocenters. The number of aromatic nitrogens is 6. The van der Waals surface area contributed by atoms with Crippen molar-refractivity contribution in [3.63, 3.8) is 0 Å². The first-order valence-corrected chi connectivity index (χ1v) is 9.93. The third kappa shape index (κ3) is 3.66. The highest BCUT2D eigenvalue weighted by molar-refractivity contribution is 5.93. The number of aromatic amines is 1.